The predicted octanol–water partition coefficient (Wildman–Crippen LogP) is 0.659. The van der Waals surface area contributed by atoms with Crippen molar-refractivity contribution in [1.82, 2.24) is 4.31 Å². The van der Waals surface area contributed by atoms with Crippen molar-refractivity contribution in [1.29, 1.82) is 0 Å². The summed E-state index contributed by atoms with van der Waals surface area (Å²) in [5, 5.41) is 9.34. The summed E-state index contributed by atoms with van der Waals surface area (Å²) in [4.78, 5) is 22.4. The molecule has 1 aliphatic heterocycles. The molecule has 2 rings (SSSR count). The SMILES string of the molecule is CC1CCCN(S(=O)(=O)c2ccc(C(N)=O)cc2)C1C(=O)O. The molecule has 3 N–H and O–H groups in total. The van der Waals surface area contributed by atoms with E-state index in [1.165, 1.54) is 24.3 Å². The van der Waals surface area contributed by atoms with E-state index in [1.807, 2.05) is 0 Å². The first-order valence-electron chi connectivity index (χ1n) is 6.89. The first kappa shape index (κ1) is 16.4. The average Bonchev–Trinajstić information content (AvgIpc) is 2.46. The van der Waals surface area contributed by atoms with Crippen LogP contribution in [0.25, 0.3) is 0 Å². The highest BCUT2D eigenvalue weighted by molar-refractivity contribution is 7.89. The van der Waals surface area contributed by atoms with Gasteiger partial charge >= 0.3 is 5.97 Å². The number of hydrogen-bond donors (Lipinski definition) is 2. The van der Waals surface area contributed by atoms with Gasteiger partial charge < -0.3 is 10.8 Å². The Kier molecular flexibility index (Phi) is 4.52. The second kappa shape index (κ2) is 6.05. The molecule has 1 aromatic rings. The molecule has 1 saturated heterocycles. The lowest BCUT2D eigenvalue weighted by molar-refractivity contribution is -0.144. The number of aliphatic carboxylic acids is 1. The highest BCUT2D eigenvalue weighted by Gasteiger charge is 2.41. The fourth-order valence-electron chi connectivity index (χ4n) is 2.71. The van der Waals surface area contributed by atoms with E-state index in [4.69, 9.17) is 5.73 Å². The second-order valence-electron chi connectivity index (χ2n) is 5.41. The van der Waals surface area contributed by atoms with Gasteiger partial charge in [0.15, 0.2) is 0 Å². The molecular formula is C14H18N2O5S. The Hall–Kier alpha value is -1.93. The number of piperidine rings is 1. The average molecular weight is 326 g/mol. The number of primary amides is 1. The van der Waals surface area contributed by atoms with Crippen LogP contribution < -0.4 is 5.73 Å². The van der Waals surface area contributed by atoms with Crippen LogP contribution in [-0.4, -0.2) is 42.3 Å². The number of nitrogens with zero attached hydrogens (tertiary/aromatic N) is 1. The summed E-state index contributed by atoms with van der Waals surface area (Å²) in [5.41, 5.74) is 5.31. The normalized spacial score (nSPS) is 23.1. The van der Waals surface area contributed by atoms with Gasteiger partial charge in [-0.25, -0.2) is 8.42 Å². The zero-order valence-corrected chi connectivity index (χ0v) is 12.9. The van der Waals surface area contributed by atoms with Crippen LogP contribution in [0.1, 0.15) is 30.1 Å². The van der Waals surface area contributed by atoms with Crippen LogP contribution in [0.15, 0.2) is 29.2 Å². The number of hydrogen-bond acceptors (Lipinski definition) is 4. The van der Waals surface area contributed by atoms with Crippen LogP contribution in [0.2, 0.25) is 0 Å². The predicted molar refractivity (Wildman–Crippen MR) is 78.7 cm³/mol. The molecule has 0 aromatic heterocycles. The van der Waals surface area contributed by atoms with Crippen LogP contribution in [0.4, 0.5) is 0 Å². The molecule has 1 aliphatic rings. The standard InChI is InChI=1S/C14H18N2O5S/c1-9-3-2-8-16(12(9)14(18)19)22(20,21)11-6-4-10(5-7-11)13(15)17/h4-7,9,12H,2-3,8H2,1H3,(H2,15,17)(H,18,19). The lowest BCUT2D eigenvalue weighted by atomic mass is 9.93. The molecule has 7 nitrogen and oxygen atoms in total. The molecule has 8 heteroatoms. The number of sulfonamides is 1. The topological polar surface area (TPSA) is 118 Å². The fraction of sp³-hybridized carbons (Fsp3) is 0.429. The molecule has 0 aliphatic carbocycles. The van der Waals surface area contributed by atoms with Crippen molar-refractivity contribution in [2.75, 3.05) is 6.54 Å². The molecular weight excluding hydrogens is 308 g/mol. The maximum Gasteiger partial charge on any atom is 0.322 e. The highest BCUT2D eigenvalue weighted by atomic mass is 32.2. The minimum Gasteiger partial charge on any atom is -0.480 e. The molecule has 1 aromatic carbocycles. The third kappa shape index (κ3) is 2.97. The molecule has 0 saturated carbocycles. The highest BCUT2D eigenvalue weighted by Crippen LogP contribution is 2.29. The minimum atomic E-state index is -3.93. The van der Waals surface area contributed by atoms with Gasteiger partial charge in [-0.1, -0.05) is 6.92 Å². The van der Waals surface area contributed by atoms with E-state index in [2.05, 4.69) is 0 Å². The smallest absolute Gasteiger partial charge is 0.322 e. The molecule has 0 radical (unpaired) electrons. The van der Waals surface area contributed by atoms with Gasteiger partial charge in [0.25, 0.3) is 0 Å². The van der Waals surface area contributed by atoms with E-state index < -0.39 is 27.9 Å². The Morgan fingerprint density at radius 2 is 1.86 bits per heavy atom. The Bertz CT molecular complexity index is 684. The lowest BCUT2D eigenvalue weighted by Crippen LogP contribution is -2.51. The number of carboxylic acid groups (broad SMARTS) is 1. The minimum absolute atomic E-state index is 0.0437. The van der Waals surface area contributed by atoms with Crippen LogP contribution in [0.3, 0.4) is 0 Å². The van der Waals surface area contributed by atoms with Gasteiger partial charge in [-0.3, -0.25) is 9.59 Å². The molecule has 0 bridgehead atoms. The lowest BCUT2D eigenvalue weighted by Gasteiger charge is -2.36. The van der Waals surface area contributed by atoms with Crippen molar-refractivity contribution in [3.63, 3.8) is 0 Å². The molecule has 2 unspecified atom stereocenters. The van der Waals surface area contributed by atoms with Gasteiger partial charge in [-0.15, -0.1) is 0 Å². The van der Waals surface area contributed by atoms with E-state index in [9.17, 15) is 23.1 Å². The maximum atomic E-state index is 12.7. The summed E-state index contributed by atoms with van der Waals surface area (Å²) in [6, 6.07) is 4.10. The fourth-order valence-corrected chi connectivity index (χ4v) is 4.43. The van der Waals surface area contributed by atoms with E-state index in [0.29, 0.717) is 12.8 Å². The largest absolute Gasteiger partial charge is 0.480 e. The molecule has 22 heavy (non-hydrogen) atoms. The van der Waals surface area contributed by atoms with Crippen molar-refractivity contribution in [2.45, 2.75) is 30.7 Å². The monoisotopic (exact) mass is 326 g/mol. The summed E-state index contributed by atoms with van der Waals surface area (Å²) < 4.78 is 26.4. The number of nitrogens with two attached hydrogens (primary N) is 1. The molecule has 1 amide bonds. The maximum absolute atomic E-state index is 12.7. The first-order valence-corrected chi connectivity index (χ1v) is 8.33. The van der Waals surface area contributed by atoms with Gasteiger partial charge in [0.1, 0.15) is 6.04 Å². The summed E-state index contributed by atoms with van der Waals surface area (Å²) in [5.74, 6) is -2.06. The zero-order valence-electron chi connectivity index (χ0n) is 12.1. The van der Waals surface area contributed by atoms with Crippen LogP contribution in [0, 0.1) is 5.92 Å². The third-order valence-corrected chi connectivity index (χ3v) is 5.78. The Morgan fingerprint density at radius 1 is 1.27 bits per heavy atom. The number of rotatable bonds is 4. The first-order chi connectivity index (χ1) is 10.2. The van der Waals surface area contributed by atoms with E-state index >= 15 is 0 Å². The van der Waals surface area contributed by atoms with Crippen molar-refractivity contribution < 1.29 is 23.1 Å². The quantitative estimate of drug-likeness (QED) is 0.842. The summed E-state index contributed by atoms with van der Waals surface area (Å²) in [6.45, 7) is 1.90. The Balaban J connectivity index is 2.39. The molecule has 0 spiro atoms. The van der Waals surface area contributed by atoms with Gasteiger partial charge in [-0.2, -0.15) is 4.31 Å². The van der Waals surface area contributed by atoms with Crippen LogP contribution in [-0.2, 0) is 14.8 Å². The summed E-state index contributed by atoms with van der Waals surface area (Å²) in [6.07, 6.45) is 1.28. The number of carbonyl (C=O) groups excluding carboxylic acids is 1. The van der Waals surface area contributed by atoms with Gasteiger partial charge in [0, 0.05) is 12.1 Å². The van der Waals surface area contributed by atoms with Crippen molar-refractivity contribution >= 4 is 21.9 Å². The number of benzene rings is 1. The van der Waals surface area contributed by atoms with Gasteiger partial charge in [0.05, 0.1) is 4.90 Å². The Labute approximate surface area is 128 Å². The van der Waals surface area contributed by atoms with Gasteiger partial charge in [0.2, 0.25) is 15.9 Å². The van der Waals surface area contributed by atoms with E-state index in [1.54, 1.807) is 6.92 Å². The molecule has 1 fully saturated rings. The zero-order chi connectivity index (χ0) is 16.5. The van der Waals surface area contributed by atoms with E-state index in [-0.39, 0.29) is 22.9 Å². The number of carbonyl (C=O) groups is 2. The number of carboxylic acids is 1. The van der Waals surface area contributed by atoms with Gasteiger partial charge in [-0.05, 0) is 43.0 Å². The van der Waals surface area contributed by atoms with Crippen molar-refractivity contribution in [3.05, 3.63) is 29.8 Å². The number of amides is 1. The summed E-state index contributed by atoms with van der Waals surface area (Å²) >= 11 is 0. The third-order valence-electron chi connectivity index (χ3n) is 3.89. The van der Waals surface area contributed by atoms with Crippen molar-refractivity contribution in [3.8, 4) is 0 Å². The second-order valence-corrected chi connectivity index (χ2v) is 7.30. The van der Waals surface area contributed by atoms with E-state index in [0.717, 1.165) is 4.31 Å². The summed E-state index contributed by atoms with van der Waals surface area (Å²) in [7, 11) is -3.93. The van der Waals surface area contributed by atoms with Crippen LogP contribution >= 0.6 is 0 Å². The van der Waals surface area contributed by atoms with Crippen LogP contribution in [0.5, 0.6) is 0 Å². The molecule has 1 heterocycles. The Morgan fingerprint density at radius 3 is 2.36 bits per heavy atom. The molecule has 2 atom stereocenters. The molecule has 120 valence electrons. The van der Waals surface area contributed by atoms with Crippen molar-refractivity contribution in [2.24, 2.45) is 11.7 Å².